The summed E-state index contributed by atoms with van der Waals surface area (Å²) in [6, 6.07) is -0.462. The summed E-state index contributed by atoms with van der Waals surface area (Å²) in [4.78, 5) is 25.1. The molecule has 114 valence electrons. The predicted molar refractivity (Wildman–Crippen MR) is 65.2 cm³/mol. The predicted octanol–water partition coefficient (Wildman–Crippen LogP) is 1.95. The number of alkyl halides is 3. The van der Waals surface area contributed by atoms with Gasteiger partial charge in [-0.05, 0) is 6.42 Å². The zero-order valence-corrected chi connectivity index (χ0v) is 11.3. The summed E-state index contributed by atoms with van der Waals surface area (Å²) in [6.07, 6.45) is -3.59. The third-order valence-corrected chi connectivity index (χ3v) is 3.14. The van der Waals surface area contributed by atoms with Crippen LogP contribution >= 0.6 is 0 Å². The van der Waals surface area contributed by atoms with E-state index in [9.17, 15) is 22.8 Å². The van der Waals surface area contributed by atoms with Crippen molar-refractivity contribution in [2.45, 2.75) is 19.5 Å². The van der Waals surface area contributed by atoms with Crippen molar-refractivity contribution in [1.29, 1.82) is 0 Å². The highest BCUT2D eigenvalue weighted by molar-refractivity contribution is 5.76. The molecule has 0 aromatic rings. The molecule has 5 nitrogen and oxygen atoms in total. The first-order valence-electron chi connectivity index (χ1n) is 6.12. The number of carbonyl (C=O) groups is 2. The van der Waals surface area contributed by atoms with Gasteiger partial charge in [-0.15, -0.1) is 0 Å². The van der Waals surface area contributed by atoms with Crippen LogP contribution in [0.2, 0.25) is 0 Å². The molecular weight excluding hydrogens is 277 g/mol. The molecule has 20 heavy (non-hydrogen) atoms. The summed E-state index contributed by atoms with van der Waals surface area (Å²) in [5, 5.41) is 8.76. The van der Waals surface area contributed by atoms with Gasteiger partial charge in [-0.25, -0.2) is 4.79 Å². The van der Waals surface area contributed by atoms with Crippen LogP contribution in [0.25, 0.3) is 0 Å². The van der Waals surface area contributed by atoms with Crippen LogP contribution in [0, 0.1) is 5.92 Å². The van der Waals surface area contributed by atoms with Gasteiger partial charge in [0, 0.05) is 32.3 Å². The first-order chi connectivity index (χ1) is 9.12. The van der Waals surface area contributed by atoms with Gasteiger partial charge < -0.3 is 14.9 Å². The van der Waals surface area contributed by atoms with Crippen LogP contribution < -0.4 is 0 Å². The lowest BCUT2D eigenvalue weighted by molar-refractivity contribution is -0.141. The molecule has 1 N–H and O–H groups in total. The van der Waals surface area contributed by atoms with Crippen LogP contribution in [-0.4, -0.2) is 59.8 Å². The lowest BCUT2D eigenvalue weighted by Gasteiger charge is -2.31. The van der Waals surface area contributed by atoms with Crippen LogP contribution in [-0.2, 0) is 4.79 Å². The van der Waals surface area contributed by atoms with Gasteiger partial charge in [-0.1, -0.05) is 13.0 Å². The molecule has 1 unspecified atom stereocenters. The van der Waals surface area contributed by atoms with Crippen molar-refractivity contribution < 1.29 is 27.9 Å². The fourth-order valence-electron chi connectivity index (χ4n) is 1.91. The topological polar surface area (TPSA) is 60.9 Å². The number of aliphatic carboxylic acids is 1. The Hall–Kier alpha value is -1.73. The summed E-state index contributed by atoms with van der Waals surface area (Å²) in [6.45, 7) is 1.35. The molecule has 8 heteroatoms. The highest BCUT2D eigenvalue weighted by Crippen LogP contribution is 2.30. The van der Waals surface area contributed by atoms with Crippen LogP contribution in [0.1, 0.15) is 13.3 Å². The lowest BCUT2D eigenvalue weighted by Crippen LogP contribution is -2.45. The number of carbonyl (C=O) groups excluding carboxylic acids is 1. The molecule has 0 aromatic carbocycles. The van der Waals surface area contributed by atoms with Crippen molar-refractivity contribution in [1.82, 2.24) is 9.80 Å². The Morgan fingerprint density at radius 2 is 2.10 bits per heavy atom. The molecular formula is C12H17F3N2O3. The standard InChI is InChI=1S/C12H17F3N2O3/c1-8(10(18)19)7-16(2)11(20)17-5-3-9(4-6-17)12(13,14)15/h3,8H,4-7H2,1-2H3,(H,18,19). The fraction of sp³-hybridized carbons (Fsp3) is 0.667. The van der Waals surface area contributed by atoms with E-state index in [1.165, 1.54) is 23.8 Å². The molecule has 0 saturated carbocycles. The Morgan fingerprint density at radius 3 is 2.50 bits per heavy atom. The zero-order chi connectivity index (χ0) is 15.5. The van der Waals surface area contributed by atoms with E-state index in [0.29, 0.717) is 0 Å². The van der Waals surface area contributed by atoms with Gasteiger partial charge >= 0.3 is 18.2 Å². The molecule has 0 radical (unpaired) electrons. The number of carboxylic acids is 1. The molecule has 0 bridgehead atoms. The molecule has 1 atom stereocenters. The minimum Gasteiger partial charge on any atom is -0.481 e. The van der Waals surface area contributed by atoms with Crippen LogP contribution in [0.15, 0.2) is 11.6 Å². The van der Waals surface area contributed by atoms with Gasteiger partial charge in [-0.2, -0.15) is 13.2 Å². The largest absolute Gasteiger partial charge is 0.481 e. The summed E-state index contributed by atoms with van der Waals surface area (Å²) in [5.41, 5.74) is -0.622. The number of hydrogen-bond acceptors (Lipinski definition) is 2. The van der Waals surface area contributed by atoms with E-state index < -0.39 is 29.7 Å². The van der Waals surface area contributed by atoms with Gasteiger partial charge in [0.05, 0.1) is 5.92 Å². The van der Waals surface area contributed by atoms with Gasteiger partial charge in [0.25, 0.3) is 0 Å². The molecule has 1 aliphatic heterocycles. The highest BCUT2D eigenvalue weighted by Gasteiger charge is 2.35. The zero-order valence-electron chi connectivity index (χ0n) is 11.3. The molecule has 1 rings (SSSR count). The quantitative estimate of drug-likeness (QED) is 0.809. The number of rotatable bonds is 3. The average molecular weight is 294 g/mol. The Balaban J connectivity index is 2.58. The molecule has 0 saturated heterocycles. The van der Waals surface area contributed by atoms with Crippen LogP contribution in [0.4, 0.5) is 18.0 Å². The van der Waals surface area contributed by atoms with Gasteiger partial charge in [0.2, 0.25) is 0 Å². The van der Waals surface area contributed by atoms with E-state index >= 15 is 0 Å². The van der Waals surface area contributed by atoms with Gasteiger partial charge in [0.15, 0.2) is 0 Å². The molecule has 2 amide bonds. The third kappa shape index (κ3) is 4.14. The normalized spacial score (nSPS) is 17.4. The van der Waals surface area contributed by atoms with Crippen LogP contribution in [0.3, 0.4) is 0 Å². The van der Waals surface area contributed by atoms with Gasteiger partial charge in [0.1, 0.15) is 0 Å². The molecule has 0 aliphatic carbocycles. The minimum absolute atomic E-state index is 0.0144. The highest BCUT2D eigenvalue weighted by atomic mass is 19.4. The number of urea groups is 1. The SMILES string of the molecule is CC(CN(C)C(=O)N1CC=C(C(F)(F)F)CC1)C(=O)O. The number of hydrogen-bond donors (Lipinski definition) is 1. The van der Waals surface area contributed by atoms with E-state index in [2.05, 4.69) is 0 Å². The summed E-state index contributed by atoms with van der Waals surface area (Å²) in [7, 11) is 1.44. The lowest BCUT2D eigenvalue weighted by atomic mass is 10.1. The van der Waals surface area contributed by atoms with Crippen LogP contribution in [0.5, 0.6) is 0 Å². The maximum absolute atomic E-state index is 12.4. The van der Waals surface area contributed by atoms with Crippen molar-refractivity contribution in [3.8, 4) is 0 Å². The number of nitrogens with zero attached hydrogens (tertiary/aromatic N) is 2. The van der Waals surface area contributed by atoms with E-state index in [1.807, 2.05) is 0 Å². The van der Waals surface area contributed by atoms with E-state index in [4.69, 9.17) is 5.11 Å². The summed E-state index contributed by atoms with van der Waals surface area (Å²) in [5.74, 6) is -1.75. The molecule has 1 aliphatic rings. The maximum Gasteiger partial charge on any atom is 0.412 e. The number of amides is 2. The molecule has 1 heterocycles. The minimum atomic E-state index is -4.35. The second-order valence-corrected chi connectivity index (χ2v) is 4.83. The van der Waals surface area contributed by atoms with Crippen molar-refractivity contribution in [3.05, 3.63) is 11.6 Å². The Morgan fingerprint density at radius 1 is 1.50 bits per heavy atom. The second kappa shape index (κ2) is 6.15. The second-order valence-electron chi connectivity index (χ2n) is 4.83. The van der Waals surface area contributed by atoms with E-state index in [0.717, 1.165) is 6.08 Å². The first kappa shape index (κ1) is 16.3. The Labute approximate surface area is 114 Å². The van der Waals surface area contributed by atoms with Crippen molar-refractivity contribution in [2.75, 3.05) is 26.7 Å². The molecule has 0 aromatic heterocycles. The first-order valence-corrected chi connectivity index (χ1v) is 6.12. The number of carboxylic acid groups (broad SMARTS) is 1. The fourth-order valence-corrected chi connectivity index (χ4v) is 1.91. The van der Waals surface area contributed by atoms with Crippen molar-refractivity contribution in [3.63, 3.8) is 0 Å². The van der Waals surface area contributed by atoms with Gasteiger partial charge in [-0.3, -0.25) is 4.79 Å². The molecule has 0 spiro atoms. The summed E-state index contributed by atoms with van der Waals surface area (Å²) >= 11 is 0. The van der Waals surface area contributed by atoms with Crippen molar-refractivity contribution in [2.24, 2.45) is 5.92 Å². The summed E-state index contributed by atoms with van der Waals surface area (Å²) < 4.78 is 37.3. The monoisotopic (exact) mass is 294 g/mol. The maximum atomic E-state index is 12.4. The average Bonchev–Trinajstić information content (AvgIpc) is 2.36. The number of halogens is 3. The van der Waals surface area contributed by atoms with Crippen molar-refractivity contribution >= 4 is 12.0 Å². The van der Waals surface area contributed by atoms with E-state index in [-0.39, 0.29) is 26.1 Å². The molecule has 0 fully saturated rings. The Kier molecular flexibility index (Phi) is 5.02. The van der Waals surface area contributed by atoms with E-state index in [1.54, 1.807) is 0 Å². The Bertz CT molecular complexity index is 421. The third-order valence-electron chi connectivity index (χ3n) is 3.14. The smallest absolute Gasteiger partial charge is 0.412 e.